The van der Waals surface area contributed by atoms with Gasteiger partial charge in [0.2, 0.25) is 0 Å². The van der Waals surface area contributed by atoms with Gasteiger partial charge in [-0.2, -0.15) is 0 Å². The van der Waals surface area contributed by atoms with E-state index in [0.717, 1.165) is 36.1 Å². The van der Waals surface area contributed by atoms with Gasteiger partial charge in [0.25, 0.3) is 0 Å². The van der Waals surface area contributed by atoms with Crippen LogP contribution in [-0.4, -0.2) is 15.0 Å². The second kappa shape index (κ2) is 17.9. The average Bonchev–Trinajstić information content (AvgIpc) is 2.97. The number of rotatable bonds is 12. The molecule has 0 heterocycles. The summed E-state index contributed by atoms with van der Waals surface area (Å²) in [6.07, 6.45) is 10.7. The fourth-order valence-corrected chi connectivity index (χ4v) is 6.15. The van der Waals surface area contributed by atoms with Gasteiger partial charge in [0, 0.05) is 10.9 Å². The molecule has 0 radical (unpaired) electrons. The molecule has 3 aromatic carbocycles. The topological polar surface area (TPSA) is 60.3 Å². The molecule has 1 N–H and O–H groups in total. The summed E-state index contributed by atoms with van der Waals surface area (Å²) < 4.78 is 31.4. The van der Waals surface area contributed by atoms with Gasteiger partial charge >= 0.3 is 27.0 Å². The van der Waals surface area contributed by atoms with E-state index in [1.807, 2.05) is 84.9 Å². The molecule has 1 aliphatic rings. The number of hydrogen-bond donors (Lipinski definition) is 1. The summed E-state index contributed by atoms with van der Waals surface area (Å²) in [5.74, 6) is 1.40. The molecular formula is C33H42ClN2O2RuS+. The van der Waals surface area contributed by atoms with E-state index in [1.165, 1.54) is 19.3 Å². The second-order valence-electron chi connectivity index (χ2n) is 10.3. The minimum atomic E-state index is -3.85. The van der Waals surface area contributed by atoms with Crippen molar-refractivity contribution in [1.82, 2.24) is 5.32 Å². The van der Waals surface area contributed by atoms with E-state index in [1.54, 1.807) is 12.1 Å². The standard InChI is InChI=1S/C32H39N2O2S.CH3.ClH.Ru/c1-25-16-20-27(21-17-25)11-9-10-24-33-31(28-12-5-3-6-13-28)32(29-14-7-4-8-15-29)34-37(35,36)30-22-18-26(2)19-23-30;;;/h3-8,12-16,18-20,22-23,25,27,31-33H,9-11,17,21,24H2,1-2H3;1H3;1H;/q2*-1;;+4/p-1/t25-,27+,31+,32+;;;/m0.../s1. The van der Waals surface area contributed by atoms with Crippen molar-refractivity contribution in [2.45, 2.75) is 62.9 Å². The van der Waals surface area contributed by atoms with Gasteiger partial charge in [0.05, 0.1) is 0 Å². The Kier molecular flexibility index (Phi) is 15.4. The quantitative estimate of drug-likeness (QED) is 0.0908. The molecule has 3 aromatic rings. The van der Waals surface area contributed by atoms with Crippen LogP contribution < -0.4 is 5.32 Å². The second-order valence-corrected chi connectivity index (χ2v) is 11.9. The number of nitrogens with one attached hydrogen (secondary N) is 1. The number of hydrogen-bond acceptors (Lipinski definition) is 3. The molecule has 1 aliphatic carbocycles. The van der Waals surface area contributed by atoms with Crippen LogP contribution in [0.25, 0.3) is 4.72 Å². The molecule has 0 spiro atoms. The van der Waals surface area contributed by atoms with Gasteiger partial charge in [0.1, 0.15) is 10.0 Å². The summed E-state index contributed by atoms with van der Waals surface area (Å²) in [6, 6.07) is 25.9. The van der Waals surface area contributed by atoms with E-state index in [-0.39, 0.29) is 18.4 Å². The Morgan fingerprint density at radius 1 is 0.875 bits per heavy atom. The molecular weight excluding hydrogens is 625 g/mol. The van der Waals surface area contributed by atoms with Crippen LogP contribution >= 0.6 is 9.69 Å². The first-order valence-electron chi connectivity index (χ1n) is 13.6. The van der Waals surface area contributed by atoms with Crippen molar-refractivity contribution in [3.63, 3.8) is 0 Å². The van der Waals surface area contributed by atoms with E-state index in [2.05, 4.69) is 50.9 Å². The molecule has 0 fully saturated rings. The summed E-state index contributed by atoms with van der Waals surface area (Å²) in [4.78, 5) is 0.223. The van der Waals surface area contributed by atoms with Crippen LogP contribution in [0.5, 0.6) is 0 Å². The van der Waals surface area contributed by atoms with Crippen LogP contribution in [0.4, 0.5) is 0 Å². The number of nitrogens with zero attached hydrogens (tertiary/aromatic N) is 1. The van der Waals surface area contributed by atoms with Gasteiger partial charge in [-0.15, -0.1) is 0 Å². The van der Waals surface area contributed by atoms with Crippen molar-refractivity contribution in [2.75, 3.05) is 6.54 Å². The van der Waals surface area contributed by atoms with Crippen molar-refractivity contribution in [3.8, 4) is 0 Å². The molecule has 0 saturated heterocycles. The van der Waals surface area contributed by atoms with Crippen molar-refractivity contribution in [3.05, 3.63) is 126 Å². The van der Waals surface area contributed by atoms with Crippen LogP contribution in [0, 0.1) is 26.2 Å². The number of sulfonamides is 1. The van der Waals surface area contributed by atoms with Crippen LogP contribution in [-0.2, 0) is 27.3 Å². The SMILES string of the molecule is Cc1ccc(S(=O)(=O)[N-][C@H](c2ccccc2)[C@H](NCCCC[C@@H]2C=C[C@H](C)CC2)c2ccccc2)cc1.[CH3-].[Cl][Ru+3]. The molecule has 0 aromatic heterocycles. The van der Waals surface area contributed by atoms with E-state index >= 15 is 0 Å². The van der Waals surface area contributed by atoms with E-state index in [4.69, 9.17) is 0 Å². The Morgan fingerprint density at radius 3 is 2.05 bits per heavy atom. The van der Waals surface area contributed by atoms with E-state index < -0.39 is 16.1 Å². The fourth-order valence-electron chi connectivity index (χ4n) is 5.00. The summed E-state index contributed by atoms with van der Waals surface area (Å²) in [5, 5.41) is 3.69. The summed E-state index contributed by atoms with van der Waals surface area (Å²) in [6.45, 7) is 5.03. The van der Waals surface area contributed by atoms with Gasteiger partial charge in [0.15, 0.2) is 0 Å². The predicted molar refractivity (Wildman–Crippen MR) is 165 cm³/mol. The van der Waals surface area contributed by atoms with Crippen LogP contribution in [0.1, 0.15) is 67.8 Å². The zero-order chi connectivity index (χ0) is 28.1. The van der Waals surface area contributed by atoms with E-state index in [9.17, 15) is 8.42 Å². The molecule has 0 aliphatic heterocycles. The van der Waals surface area contributed by atoms with Crippen LogP contribution in [0.2, 0.25) is 0 Å². The molecule has 0 amide bonds. The molecule has 0 bridgehead atoms. The Labute approximate surface area is 256 Å². The zero-order valence-corrected chi connectivity index (χ0v) is 27.0. The third kappa shape index (κ3) is 10.5. The molecule has 216 valence electrons. The monoisotopic (exact) mass is 667 g/mol. The maximum atomic E-state index is 13.4. The van der Waals surface area contributed by atoms with E-state index in [0.29, 0.717) is 11.8 Å². The van der Waals surface area contributed by atoms with Crippen molar-refractivity contribution in [2.24, 2.45) is 11.8 Å². The van der Waals surface area contributed by atoms with Gasteiger partial charge in [-0.3, -0.25) is 0 Å². The molecule has 7 heteroatoms. The Balaban J connectivity index is 0.00000183. The Morgan fingerprint density at radius 2 is 1.48 bits per heavy atom. The first kappa shape index (κ1) is 34.4. The number of unbranched alkanes of at least 4 members (excludes halogenated alkanes) is 1. The van der Waals surface area contributed by atoms with Crippen LogP contribution in [0.3, 0.4) is 0 Å². The summed E-state index contributed by atoms with van der Waals surface area (Å²) in [5.41, 5.74) is 2.92. The number of benzene rings is 3. The summed E-state index contributed by atoms with van der Waals surface area (Å²) >= 11 is 1.82. The summed E-state index contributed by atoms with van der Waals surface area (Å²) in [7, 11) is 0.715. The van der Waals surface area contributed by atoms with Crippen molar-refractivity contribution >= 4 is 19.7 Å². The molecule has 40 heavy (non-hydrogen) atoms. The van der Waals surface area contributed by atoms with Crippen molar-refractivity contribution < 1.29 is 25.7 Å². The fraction of sp³-hybridized carbons (Fsp3) is 0.364. The van der Waals surface area contributed by atoms with Gasteiger partial charge in [-0.25, -0.2) is 8.42 Å². The third-order valence-electron chi connectivity index (χ3n) is 7.26. The number of allylic oxidation sites excluding steroid dienone is 2. The minimum absolute atomic E-state index is 0. The first-order chi connectivity index (χ1) is 18.9. The third-order valence-corrected chi connectivity index (χ3v) is 8.63. The number of aryl methyl sites for hydroxylation is 1. The molecule has 4 rings (SSSR count). The predicted octanol–water partition coefficient (Wildman–Crippen LogP) is 9.04. The molecule has 4 atom stereocenters. The molecule has 0 unspecified atom stereocenters. The Bertz CT molecular complexity index is 1240. The zero-order valence-electron chi connectivity index (χ0n) is 23.7. The normalized spacial score (nSPS) is 18.1. The average molecular weight is 667 g/mol. The van der Waals surface area contributed by atoms with Gasteiger partial charge in [-0.05, 0) is 68.7 Å². The first-order valence-corrected chi connectivity index (χ1v) is 17.3. The number of halogens is 1. The van der Waals surface area contributed by atoms with Gasteiger partial charge in [-0.1, -0.05) is 115 Å². The Hall–Kier alpha value is -1.82. The molecule has 0 saturated carbocycles. The van der Waals surface area contributed by atoms with Gasteiger partial charge < -0.3 is 17.5 Å². The van der Waals surface area contributed by atoms with Crippen molar-refractivity contribution in [1.29, 1.82) is 0 Å². The van der Waals surface area contributed by atoms with Crippen LogP contribution in [0.15, 0.2) is 102 Å². The maximum absolute atomic E-state index is 13.4. The molecule has 4 nitrogen and oxygen atoms in total.